The summed E-state index contributed by atoms with van der Waals surface area (Å²) < 4.78 is 41.8. The van der Waals surface area contributed by atoms with Crippen LogP contribution in [-0.4, -0.2) is 0 Å². The minimum atomic E-state index is -0.651. The third kappa shape index (κ3) is 6.44. The normalized spacial score (nSPS) is 10.9. The Bertz CT molecular complexity index is 1120. The van der Waals surface area contributed by atoms with Gasteiger partial charge in [0.05, 0.1) is 22.0 Å². The average Bonchev–Trinajstić information content (AvgIpc) is 2.75. The summed E-state index contributed by atoms with van der Waals surface area (Å²) in [4.78, 5) is 0. The molecule has 0 unspecified atom stereocenters. The van der Waals surface area contributed by atoms with Crippen LogP contribution in [0.3, 0.4) is 0 Å². The van der Waals surface area contributed by atoms with E-state index in [-0.39, 0.29) is 10.6 Å². The standard InChI is InChI=1S/C25H20ClF3N2/c1-2-3-4-5-18-14-24(28)21(25(29)15-18)12-8-17-6-9-19(10-7-17)30-31-20-11-13-23(27)22(26)16-20/h6-7,9-11,13-16H,2-5H2,1H3. The molecule has 158 valence electrons. The van der Waals surface area contributed by atoms with Gasteiger partial charge in [-0.1, -0.05) is 43.2 Å². The Morgan fingerprint density at radius 3 is 2.06 bits per heavy atom. The SMILES string of the molecule is CCCCCc1cc(F)c(C#Cc2ccc(N=Nc3ccc(F)c(Cl)c3)cc2)c(F)c1. The minimum Gasteiger partial charge on any atom is -0.206 e. The summed E-state index contributed by atoms with van der Waals surface area (Å²) >= 11 is 5.72. The summed E-state index contributed by atoms with van der Waals surface area (Å²) in [5.41, 5.74) is 1.94. The van der Waals surface area contributed by atoms with Crippen molar-refractivity contribution in [3.05, 3.63) is 93.8 Å². The number of halogens is 4. The minimum absolute atomic E-state index is 0.0319. The molecule has 0 saturated heterocycles. The molecule has 6 heteroatoms. The first-order valence-corrected chi connectivity index (χ1v) is 10.3. The number of benzene rings is 3. The largest absolute Gasteiger partial charge is 0.206 e. The number of azo groups is 1. The fraction of sp³-hybridized carbons (Fsp3) is 0.200. The van der Waals surface area contributed by atoms with Crippen LogP contribution >= 0.6 is 11.6 Å². The first-order chi connectivity index (χ1) is 15.0. The van der Waals surface area contributed by atoms with Gasteiger partial charge in [-0.2, -0.15) is 10.2 Å². The third-order valence-corrected chi connectivity index (χ3v) is 4.84. The van der Waals surface area contributed by atoms with E-state index in [1.54, 1.807) is 24.3 Å². The smallest absolute Gasteiger partial charge is 0.142 e. The highest BCUT2D eigenvalue weighted by molar-refractivity contribution is 6.30. The topological polar surface area (TPSA) is 24.7 Å². The summed E-state index contributed by atoms with van der Waals surface area (Å²) in [7, 11) is 0. The lowest BCUT2D eigenvalue weighted by atomic mass is 10.0. The van der Waals surface area contributed by atoms with Crippen molar-refractivity contribution in [2.45, 2.75) is 32.6 Å². The van der Waals surface area contributed by atoms with Crippen LogP contribution in [0.5, 0.6) is 0 Å². The molecule has 2 nitrogen and oxygen atoms in total. The molecule has 0 atom stereocenters. The summed E-state index contributed by atoms with van der Waals surface area (Å²) in [6.07, 6.45) is 3.63. The van der Waals surface area contributed by atoms with E-state index in [9.17, 15) is 13.2 Å². The zero-order valence-electron chi connectivity index (χ0n) is 16.9. The zero-order valence-corrected chi connectivity index (χ0v) is 17.7. The van der Waals surface area contributed by atoms with Crippen LogP contribution in [0, 0.1) is 29.3 Å². The van der Waals surface area contributed by atoms with E-state index in [4.69, 9.17) is 11.6 Å². The molecule has 0 aliphatic heterocycles. The van der Waals surface area contributed by atoms with E-state index in [2.05, 4.69) is 29.0 Å². The van der Waals surface area contributed by atoms with Crippen molar-refractivity contribution in [1.82, 2.24) is 0 Å². The fourth-order valence-electron chi connectivity index (χ4n) is 2.88. The van der Waals surface area contributed by atoms with Gasteiger partial charge in [0, 0.05) is 5.56 Å². The van der Waals surface area contributed by atoms with Crippen LogP contribution in [0.25, 0.3) is 0 Å². The van der Waals surface area contributed by atoms with Gasteiger partial charge in [-0.15, -0.1) is 0 Å². The van der Waals surface area contributed by atoms with Crippen LogP contribution in [0.4, 0.5) is 24.5 Å². The maximum absolute atomic E-state index is 14.3. The molecule has 0 radical (unpaired) electrons. The number of hydrogen-bond acceptors (Lipinski definition) is 2. The summed E-state index contributed by atoms with van der Waals surface area (Å²) in [6.45, 7) is 2.08. The van der Waals surface area contributed by atoms with Crippen molar-refractivity contribution in [3.8, 4) is 11.8 Å². The molecule has 0 aliphatic carbocycles. The molecule has 0 N–H and O–H groups in total. The van der Waals surface area contributed by atoms with Crippen molar-refractivity contribution >= 4 is 23.0 Å². The van der Waals surface area contributed by atoms with Gasteiger partial charge in [0.15, 0.2) is 0 Å². The lowest BCUT2D eigenvalue weighted by molar-refractivity contribution is 0.572. The van der Waals surface area contributed by atoms with E-state index in [1.165, 1.54) is 30.3 Å². The molecule has 0 aliphatic rings. The van der Waals surface area contributed by atoms with Gasteiger partial charge < -0.3 is 0 Å². The molecular weight excluding hydrogens is 421 g/mol. The summed E-state index contributed by atoms with van der Waals surface area (Å²) in [6, 6.07) is 13.4. The number of rotatable bonds is 6. The predicted octanol–water partition coefficient (Wildman–Crippen LogP) is 8.31. The van der Waals surface area contributed by atoms with Gasteiger partial charge >= 0.3 is 0 Å². The van der Waals surface area contributed by atoms with E-state index >= 15 is 0 Å². The Hall–Kier alpha value is -3.10. The highest BCUT2D eigenvalue weighted by Crippen LogP contribution is 2.24. The molecule has 0 spiro atoms. The summed E-state index contributed by atoms with van der Waals surface area (Å²) in [5.74, 6) is 3.52. The number of unbranched alkanes of at least 4 members (excludes halogenated alkanes) is 2. The number of hydrogen-bond donors (Lipinski definition) is 0. The Morgan fingerprint density at radius 1 is 0.774 bits per heavy atom. The van der Waals surface area contributed by atoms with Gasteiger partial charge in [-0.3, -0.25) is 0 Å². The predicted molar refractivity (Wildman–Crippen MR) is 118 cm³/mol. The molecule has 0 aromatic heterocycles. The second-order valence-electron chi connectivity index (χ2n) is 6.99. The van der Waals surface area contributed by atoms with Gasteiger partial charge in [0.25, 0.3) is 0 Å². The average molecular weight is 441 g/mol. The first-order valence-electron chi connectivity index (χ1n) is 9.93. The Balaban J connectivity index is 1.70. The Morgan fingerprint density at radius 2 is 1.42 bits per heavy atom. The Labute approximate surface area is 184 Å². The highest BCUT2D eigenvalue weighted by Gasteiger charge is 2.09. The quantitative estimate of drug-likeness (QED) is 0.209. The highest BCUT2D eigenvalue weighted by atomic mass is 35.5. The van der Waals surface area contributed by atoms with E-state index in [0.717, 1.165) is 19.3 Å². The Kier molecular flexibility index (Phi) is 7.86. The fourth-order valence-corrected chi connectivity index (χ4v) is 3.05. The van der Waals surface area contributed by atoms with E-state index < -0.39 is 17.5 Å². The van der Waals surface area contributed by atoms with E-state index in [1.807, 2.05) is 0 Å². The molecule has 31 heavy (non-hydrogen) atoms. The van der Waals surface area contributed by atoms with Crippen molar-refractivity contribution in [1.29, 1.82) is 0 Å². The van der Waals surface area contributed by atoms with Gasteiger partial charge in [-0.25, -0.2) is 13.2 Å². The maximum atomic E-state index is 14.3. The van der Waals surface area contributed by atoms with Crippen molar-refractivity contribution in [2.75, 3.05) is 0 Å². The van der Waals surface area contributed by atoms with Gasteiger partial charge in [-0.05, 0) is 73.0 Å². The third-order valence-electron chi connectivity index (χ3n) is 4.55. The molecule has 0 saturated carbocycles. The van der Waals surface area contributed by atoms with Crippen molar-refractivity contribution in [2.24, 2.45) is 10.2 Å². The van der Waals surface area contributed by atoms with Gasteiger partial charge in [0.1, 0.15) is 17.5 Å². The van der Waals surface area contributed by atoms with Crippen molar-refractivity contribution < 1.29 is 13.2 Å². The number of nitrogens with zero attached hydrogens (tertiary/aromatic N) is 2. The lowest BCUT2D eigenvalue weighted by Crippen LogP contribution is -1.95. The summed E-state index contributed by atoms with van der Waals surface area (Å²) in [5, 5.41) is 8.02. The van der Waals surface area contributed by atoms with Gasteiger partial charge in [0.2, 0.25) is 0 Å². The van der Waals surface area contributed by atoms with Crippen LogP contribution in [0.1, 0.15) is 42.9 Å². The van der Waals surface area contributed by atoms with Crippen LogP contribution in [0.2, 0.25) is 5.02 Å². The second kappa shape index (κ2) is 10.8. The first kappa shape index (κ1) is 22.6. The molecule has 0 amide bonds. The molecule has 3 rings (SSSR count). The molecule has 0 bridgehead atoms. The van der Waals surface area contributed by atoms with Crippen molar-refractivity contribution in [3.63, 3.8) is 0 Å². The molecular formula is C25H20ClF3N2. The van der Waals surface area contributed by atoms with Crippen LogP contribution < -0.4 is 0 Å². The molecule has 3 aromatic carbocycles. The second-order valence-corrected chi connectivity index (χ2v) is 7.39. The molecule has 3 aromatic rings. The van der Waals surface area contributed by atoms with E-state index in [0.29, 0.717) is 28.9 Å². The molecule has 0 fully saturated rings. The van der Waals surface area contributed by atoms with Crippen LogP contribution in [0.15, 0.2) is 64.8 Å². The number of aryl methyl sites for hydroxylation is 1. The zero-order chi connectivity index (χ0) is 22.2. The van der Waals surface area contributed by atoms with Crippen LogP contribution in [-0.2, 0) is 6.42 Å². The maximum Gasteiger partial charge on any atom is 0.142 e. The monoisotopic (exact) mass is 440 g/mol. The molecule has 0 heterocycles. The lowest BCUT2D eigenvalue weighted by Gasteiger charge is -2.04.